The number of benzene rings is 2. The molecule has 4 heterocycles. The molecular weight excluding hydrogens is 617 g/mol. The van der Waals surface area contributed by atoms with E-state index in [1.807, 2.05) is 42.2 Å². The van der Waals surface area contributed by atoms with Crippen LogP contribution in [0.5, 0.6) is 5.75 Å². The van der Waals surface area contributed by atoms with Crippen molar-refractivity contribution in [3.8, 4) is 16.9 Å². The molecule has 12 heteroatoms. The molecule has 0 spiro atoms. The normalized spacial score (nSPS) is 15.5. The topological polar surface area (TPSA) is 106 Å². The van der Waals surface area contributed by atoms with Gasteiger partial charge in [0, 0.05) is 79.3 Å². The van der Waals surface area contributed by atoms with E-state index in [2.05, 4.69) is 53.7 Å². The van der Waals surface area contributed by atoms with Crippen molar-refractivity contribution in [2.45, 2.75) is 25.3 Å². The molecule has 10 nitrogen and oxygen atoms in total. The second kappa shape index (κ2) is 11.7. The van der Waals surface area contributed by atoms with Gasteiger partial charge >= 0.3 is 0 Å². The lowest BCUT2D eigenvalue weighted by Crippen LogP contribution is -2.40. The molecule has 2 aliphatic rings. The van der Waals surface area contributed by atoms with Crippen molar-refractivity contribution in [2.75, 3.05) is 55.7 Å². The average Bonchev–Trinajstić information content (AvgIpc) is 3.26. The third-order valence-corrected chi connectivity index (χ3v) is 10.1. The number of nitrogens with zero attached hydrogens (tertiary/aromatic N) is 5. The van der Waals surface area contributed by atoms with Crippen LogP contribution in [0.3, 0.4) is 0 Å². The van der Waals surface area contributed by atoms with E-state index in [-0.39, 0.29) is 0 Å². The highest BCUT2D eigenvalue weighted by atomic mass is 79.9. The zero-order valence-electron chi connectivity index (χ0n) is 24.2. The molecule has 0 saturated carbocycles. The molecule has 220 valence electrons. The molecule has 1 saturated heterocycles. The third-order valence-electron chi connectivity index (χ3n) is 7.93. The summed E-state index contributed by atoms with van der Waals surface area (Å²) in [6, 6.07) is 12.2. The van der Waals surface area contributed by atoms with Gasteiger partial charge < -0.3 is 29.6 Å². The summed E-state index contributed by atoms with van der Waals surface area (Å²) in [5.74, 6) is 1.65. The first-order valence-corrected chi connectivity index (χ1v) is 17.4. The summed E-state index contributed by atoms with van der Waals surface area (Å²) in [4.78, 5) is 11.8. The molecular formula is C30H35BrN7O3P. The second-order valence-electron chi connectivity index (χ2n) is 11.0. The average molecular weight is 653 g/mol. The first-order chi connectivity index (χ1) is 20.2. The van der Waals surface area contributed by atoms with Crippen LogP contribution < -0.4 is 25.6 Å². The molecule has 6 rings (SSSR count). The van der Waals surface area contributed by atoms with Crippen LogP contribution in [-0.2, 0) is 22.8 Å². The van der Waals surface area contributed by atoms with Crippen molar-refractivity contribution in [2.24, 2.45) is 7.05 Å². The SMILES string of the molecule is COc1cc2c(cc1Nc1ncc(Br)c(Nc3ccccc3P(C)(C)=O)n1)-c1cnn(C)c1CCN2C1CCOCC1. The number of nitrogens with one attached hydrogen (secondary N) is 2. The van der Waals surface area contributed by atoms with Gasteiger partial charge in [-0.25, -0.2) is 4.98 Å². The fourth-order valence-electron chi connectivity index (χ4n) is 5.81. The van der Waals surface area contributed by atoms with Crippen LogP contribution in [0.4, 0.5) is 28.8 Å². The van der Waals surface area contributed by atoms with Crippen LogP contribution >= 0.6 is 23.1 Å². The molecule has 1 fully saturated rings. The number of para-hydroxylation sites is 1. The Morgan fingerprint density at radius 2 is 1.86 bits per heavy atom. The van der Waals surface area contributed by atoms with Gasteiger partial charge in [-0.3, -0.25) is 4.68 Å². The molecule has 42 heavy (non-hydrogen) atoms. The standard InChI is InChI=1S/C30H35BrN7O3P/c1-37-25-9-12-38(19-10-13-41-14-11-19)26-16-27(40-2)24(15-20(26)21(25)17-33-37)35-30-32-18-22(31)29(36-30)34-23-7-5-6-8-28(23)42(3,4)39/h5-8,15-19H,9-14H2,1-4H3,(H2,32,34,35,36). The lowest BCUT2D eigenvalue weighted by atomic mass is 10.0. The lowest BCUT2D eigenvalue weighted by molar-refractivity contribution is 0.0845. The van der Waals surface area contributed by atoms with Crippen LogP contribution in [0.15, 0.2) is 53.3 Å². The minimum absolute atomic E-state index is 0.397. The lowest BCUT2D eigenvalue weighted by Gasteiger charge is -2.36. The van der Waals surface area contributed by atoms with E-state index >= 15 is 0 Å². The highest BCUT2D eigenvalue weighted by Crippen LogP contribution is 2.44. The quantitative estimate of drug-likeness (QED) is 0.235. The third kappa shape index (κ3) is 5.65. The Hall–Kier alpha value is -3.40. The molecule has 2 aromatic carbocycles. The zero-order valence-corrected chi connectivity index (χ0v) is 26.7. The number of hydrogen-bond acceptors (Lipinski definition) is 9. The molecule has 0 aliphatic carbocycles. The number of aromatic nitrogens is 4. The van der Waals surface area contributed by atoms with Gasteiger partial charge in [-0.15, -0.1) is 0 Å². The number of fused-ring (bicyclic) bond motifs is 3. The molecule has 0 amide bonds. The number of hydrogen-bond donors (Lipinski definition) is 2. The maximum atomic E-state index is 12.9. The molecule has 0 bridgehead atoms. The Morgan fingerprint density at radius 1 is 1.07 bits per heavy atom. The molecule has 2 aliphatic heterocycles. The van der Waals surface area contributed by atoms with Crippen LogP contribution in [-0.4, -0.2) is 66.0 Å². The highest BCUT2D eigenvalue weighted by molar-refractivity contribution is 9.10. The van der Waals surface area contributed by atoms with Gasteiger partial charge in [0.15, 0.2) is 0 Å². The van der Waals surface area contributed by atoms with Gasteiger partial charge in [0.05, 0.1) is 29.2 Å². The molecule has 0 radical (unpaired) electrons. The predicted octanol–water partition coefficient (Wildman–Crippen LogP) is 5.92. The summed E-state index contributed by atoms with van der Waals surface area (Å²) in [5.41, 5.74) is 6.05. The maximum Gasteiger partial charge on any atom is 0.229 e. The highest BCUT2D eigenvalue weighted by Gasteiger charge is 2.30. The molecule has 4 aromatic rings. The summed E-state index contributed by atoms with van der Waals surface area (Å²) in [5, 5.41) is 12.1. The summed E-state index contributed by atoms with van der Waals surface area (Å²) >= 11 is 3.57. The molecule has 0 atom stereocenters. The van der Waals surface area contributed by atoms with E-state index in [0.717, 1.165) is 72.5 Å². The van der Waals surface area contributed by atoms with Crippen LogP contribution in [0, 0.1) is 0 Å². The Labute approximate surface area is 254 Å². The van der Waals surface area contributed by atoms with Gasteiger partial charge in [-0.2, -0.15) is 10.1 Å². The van der Waals surface area contributed by atoms with Gasteiger partial charge in [0.1, 0.15) is 18.7 Å². The fraction of sp³-hybridized carbons (Fsp3) is 0.367. The number of anilines is 5. The number of halogens is 1. The van der Waals surface area contributed by atoms with Crippen LogP contribution in [0.25, 0.3) is 11.1 Å². The van der Waals surface area contributed by atoms with Crippen molar-refractivity contribution >= 4 is 57.2 Å². The number of rotatable bonds is 7. The molecule has 2 aromatic heterocycles. The smallest absolute Gasteiger partial charge is 0.229 e. The minimum atomic E-state index is -2.51. The van der Waals surface area contributed by atoms with E-state index < -0.39 is 7.14 Å². The van der Waals surface area contributed by atoms with Crippen LogP contribution in [0.1, 0.15) is 18.5 Å². The summed E-state index contributed by atoms with van der Waals surface area (Å²) in [6.45, 7) is 5.97. The Bertz CT molecular complexity index is 1660. The van der Waals surface area contributed by atoms with Gasteiger partial charge in [0.2, 0.25) is 5.95 Å². The zero-order chi connectivity index (χ0) is 29.4. The molecule has 0 unspecified atom stereocenters. The van der Waals surface area contributed by atoms with Crippen molar-refractivity contribution < 1.29 is 14.0 Å². The predicted molar refractivity (Wildman–Crippen MR) is 172 cm³/mol. The largest absolute Gasteiger partial charge is 0.494 e. The van der Waals surface area contributed by atoms with E-state index in [1.165, 1.54) is 5.69 Å². The monoisotopic (exact) mass is 651 g/mol. The van der Waals surface area contributed by atoms with Gasteiger partial charge in [0.25, 0.3) is 0 Å². The number of aryl methyl sites for hydroxylation is 1. The molecule has 2 N–H and O–H groups in total. The van der Waals surface area contributed by atoms with Gasteiger partial charge in [-0.1, -0.05) is 12.1 Å². The van der Waals surface area contributed by atoms with Crippen molar-refractivity contribution in [1.82, 2.24) is 19.7 Å². The first-order valence-electron chi connectivity index (χ1n) is 14.0. The summed E-state index contributed by atoms with van der Waals surface area (Å²) < 4.78 is 27.2. The van der Waals surface area contributed by atoms with E-state index in [4.69, 9.17) is 14.5 Å². The second-order valence-corrected chi connectivity index (χ2v) is 15.0. The first kappa shape index (κ1) is 28.7. The van der Waals surface area contributed by atoms with Crippen LogP contribution in [0.2, 0.25) is 0 Å². The maximum absolute atomic E-state index is 12.9. The summed E-state index contributed by atoms with van der Waals surface area (Å²) in [7, 11) is 1.17. The minimum Gasteiger partial charge on any atom is -0.494 e. The number of ether oxygens (including phenoxy) is 2. The van der Waals surface area contributed by atoms with Crippen molar-refractivity contribution in [3.63, 3.8) is 0 Å². The van der Waals surface area contributed by atoms with Crippen molar-refractivity contribution in [3.05, 3.63) is 59.0 Å². The Morgan fingerprint density at radius 3 is 2.62 bits per heavy atom. The Balaban J connectivity index is 1.38. The number of methoxy groups -OCH3 is 1. The fourth-order valence-corrected chi connectivity index (χ4v) is 7.25. The van der Waals surface area contributed by atoms with E-state index in [9.17, 15) is 4.57 Å². The van der Waals surface area contributed by atoms with Crippen molar-refractivity contribution in [1.29, 1.82) is 0 Å². The van der Waals surface area contributed by atoms with E-state index in [0.29, 0.717) is 28.0 Å². The van der Waals surface area contributed by atoms with Gasteiger partial charge in [-0.05, 0) is 60.3 Å². The summed E-state index contributed by atoms with van der Waals surface area (Å²) in [6.07, 6.45) is 6.53. The Kier molecular flexibility index (Phi) is 8.00. The van der Waals surface area contributed by atoms with E-state index in [1.54, 1.807) is 26.6 Å².